The van der Waals surface area contributed by atoms with Crippen LogP contribution in [0.25, 0.3) is 0 Å². The van der Waals surface area contributed by atoms with E-state index < -0.39 is 23.8 Å². The van der Waals surface area contributed by atoms with E-state index in [9.17, 15) is 18.0 Å². The highest BCUT2D eigenvalue weighted by Crippen LogP contribution is 2.35. The van der Waals surface area contributed by atoms with Gasteiger partial charge in [0, 0.05) is 0 Å². The zero-order valence-corrected chi connectivity index (χ0v) is 13.4. The Kier molecular flexibility index (Phi) is 4.33. The van der Waals surface area contributed by atoms with Gasteiger partial charge in [-0.1, -0.05) is 6.07 Å². The summed E-state index contributed by atoms with van der Waals surface area (Å²) in [7, 11) is 0. The van der Waals surface area contributed by atoms with E-state index in [0.717, 1.165) is 17.0 Å². The molecule has 136 valence electrons. The molecule has 1 unspecified atom stereocenters. The van der Waals surface area contributed by atoms with Gasteiger partial charge in [0.15, 0.2) is 0 Å². The number of urea groups is 1. The second kappa shape index (κ2) is 6.34. The number of nitrogens with two attached hydrogens (primary N) is 2. The van der Waals surface area contributed by atoms with Gasteiger partial charge in [0.25, 0.3) is 0 Å². The number of fused-ring (bicyclic) bond motifs is 1. The van der Waals surface area contributed by atoms with Gasteiger partial charge in [-0.3, -0.25) is 5.41 Å². The number of alkyl halides is 3. The van der Waals surface area contributed by atoms with E-state index in [4.69, 9.17) is 21.6 Å². The maximum absolute atomic E-state index is 12.8. The highest BCUT2D eigenvalue weighted by atomic mass is 19.4. The summed E-state index contributed by atoms with van der Waals surface area (Å²) in [4.78, 5) is 12.6. The second-order valence-electron chi connectivity index (χ2n) is 5.79. The van der Waals surface area contributed by atoms with Gasteiger partial charge >= 0.3 is 12.2 Å². The van der Waals surface area contributed by atoms with Crippen molar-refractivity contribution in [1.82, 2.24) is 0 Å². The summed E-state index contributed by atoms with van der Waals surface area (Å²) >= 11 is 0. The first-order chi connectivity index (χ1) is 12.2. The van der Waals surface area contributed by atoms with Crippen LogP contribution in [0.3, 0.4) is 0 Å². The molecule has 0 radical (unpaired) electrons. The molecule has 0 saturated heterocycles. The van der Waals surface area contributed by atoms with Crippen LogP contribution in [0.2, 0.25) is 0 Å². The number of hydrogen-bond acceptors (Lipinski definition) is 4. The molecule has 2 aromatic rings. The van der Waals surface area contributed by atoms with Crippen molar-refractivity contribution in [3.63, 3.8) is 0 Å². The Morgan fingerprint density at radius 1 is 1.19 bits per heavy atom. The Bertz CT molecular complexity index is 883. The summed E-state index contributed by atoms with van der Waals surface area (Å²) in [6.07, 6.45) is -4.19. The van der Waals surface area contributed by atoms with Crippen molar-refractivity contribution in [2.45, 2.75) is 18.6 Å². The molecule has 26 heavy (non-hydrogen) atoms. The number of amides is 2. The molecule has 0 spiro atoms. The Balaban J connectivity index is 1.92. The highest BCUT2D eigenvalue weighted by Gasteiger charge is 2.32. The van der Waals surface area contributed by atoms with Crippen molar-refractivity contribution in [1.29, 1.82) is 5.41 Å². The van der Waals surface area contributed by atoms with Gasteiger partial charge in [-0.05, 0) is 48.4 Å². The summed E-state index contributed by atoms with van der Waals surface area (Å²) in [5.74, 6) is 0.198. The summed E-state index contributed by atoms with van der Waals surface area (Å²) in [5, 5.41) is 7.89. The number of nitrogens with zero attached hydrogens (tertiary/aromatic N) is 1. The molecule has 1 heterocycles. The predicted octanol–water partition coefficient (Wildman–Crippen LogP) is 3.24. The van der Waals surface area contributed by atoms with E-state index in [1.165, 1.54) is 24.3 Å². The van der Waals surface area contributed by atoms with Gasteiger partial charge in [0.05, 0.1) is 17.3 Å². The Labute approximate surface area is 146 Å². The monoisotopic (exact) mass is 364 g/mol. The minimum atomic E-state index is -4.47. The molecule has 2 amide bonds. The third-order valence-electron chi connectivity index (χ3n) is 3.94. The smallest absolute Gasteiger partial charge is 0.416 e. The van der Waals surface area contributed by atoms with Crippen molar-refractivity contribution in [2.24, 2.45) is 11.5 Å². The Morgan fingerprint density at radius 3 is 2.54 bits per heavy atom. The van der Waals surface area contributed by atoms with Gasteiger partial charge in [0.2, 0.25) is 0 Å². The van der Waals surface area contributed by atoms with E-state index in [1.54, 1.807) is 6.07 Å². The molecule has 1 atom stereocenters. The summed E-state index contributed by atoms with van der Waals surface area (Å²) in [6, 6.07) is 7.53. The molecule has 3 rings (SSSR count). The number of anilines is 1. The van der Waals surface area contributed by atoms with Crippen LogP contribution in [0.15, 0.2) is 42.5 Å². The van der Waals surface area contributed by atoms with Crippen LogP contribution in [-0.4, -0.2) is 17.9 Å². The zero-order valence-electron chi connectivity index (χ0n) is 13.4. The molecule has 1 aliphatic heterocycles. The number of carbonyl (C=O) groups excluding carboxylic acids is 1. The van der Waals surface area contributed by atoms with Crippen LogP contribution in [0.1, 0.15) is 11.1 Å². The maximum atomic E-state index is 12.8. The SMILES string of the molecule is N=C1C(N)Cc2cc(Oc3cccc(C(F)(F)F)c3)ccc2N1C(N)=O. The van der Waals surface area contributed by atoms with Crippen LogP contribution < -0.4 is 21.1 Å². The number of benzene rings is 2. The molecule has 0 aromatic heterocycles. The molecule has 9 heteroatoms. The fourth-order valence-corrected chi connectivity index (χ4v) is 2.75. The van der Waals surface area contributed by atoms with E-state index in [0.29, 0.717) is 11.3 Å². The lowest BCUT2D eigenvalue weighted by atomic mass is 9.97. The molecule has 0 aliphatic carbocycles. The van der Waals surface area contributed by atoms with Crippen molar-refractivity contribution < 1.29 is 22.7 Å². The standard InChI is InChI=1S/C17H15F3N4O2/c18-17(19,20)10-2-1-3-11(8-10)26-12-4-5-14-9(6-12)7-13(21)15(22)24(14)16(23)25/h1-6,8,13,22H,7,21H2,(H2,23,25). The molecular weight excluding hydrogens is 349 g/mol. The van der Waals surface area contributed by atoms with Crippen LogP contribution in [0, 0.1) is 5.41 Å². The lowest BCUT2D eigenvalue weighted by Crippen LogP contribution is -2.52. The van der Waals surface area contributed by atoms with Gasteiger partial charge < -0.3 is 16.2 Å². The maximum Gasteiger partial charge on any atom is 0.416 e. The number of amidine groups is 1. The average molecular weight is 364 g/mol. The van der Waals surface area contributed by atoms with Gasteiger partial charge in [-0.15, -0.1) is 0 Å². The molecule has 5 N–H and O–H groups in total. The summed E-state index contributed by atoms with van der Waals surface area (Å²) < 4.78 is 43.9. The predicted molar refractivity (Wildman–Crippen MR) is 89.4 cm³/mol. The lowest BCUT2D eigenvalue weighted by molar-refractivity contribution is -0.137. The number of ether oxygens (including phenoxy) is 1. The number of nitrogens with one attached hydrogen (secondary N) is 1. The van der Waals surface area contributed by atoms with E-state index in [2.05, 4.69) is 0 Å². The van der Waals surface area contributed by atoms with Crippen molar-refractivity contribution in [2.75, 3.05) is 4.90 Å². The molecule has 0 saturated carbocycles. The number of hydrogen-bond donors (Lipinski definition) is 3. The first-order valence-corrected chi connectivity index (χ1v) is 7.58. The van der Waals surface area contributed by atoms with Crippen LogP contribution in [0.4, 0.5) is 23.7 Å². The Morgan fingerprint density at radius 2 is 1.88 bits per heavy atom. The third-order valence-corrected chi connectivity index (χ3v) is 3.94. The quantitative estimate of drug-likeness (QED) is 0.762. The zero-order chi connectivity index (χ0) is 19.1. The Hall–Kier alpha value is -3.07. The van der Waals surface area contributed by atoms with E-state index in [1.807, 2.05) is 0 Å². The minimum Gasteiger partial charge on any atom is -0.457 e. The molecule has 0 bridgehead atoms. The van der Waals surface area contributed by atoms with Gasteiger partial charge in [0.1, 0.15) is 17.3 Å². The molecular formula is C17H15F3N4O2. The highest BCUT2D eigenvalue weighted by molar-refractivity contribution is 6.18. The van der Waals surface area contributed by atoms with Crippen LogP contribution >= 0.6 is 0 Å². The van der Waals surface area contributed by atoms with Gasteiger partial charge in [-0.2, -0.15) is 13.2 Å². The number of halogens is 3. The third kappa shape index (κ3) is 3.33. The molecule has 0 fully saturated rings. The largest absolute Gasteiger partial charge is 0.457 e. The van der Waals surface area contributed by atoms with Crippen molar-refractivity contribution in [3.05, 3.63) is 53.6 Å². The number of primary amides is 1. The summed E-state index contributed by atoms with van der Waals surface area (Å²) in [6.45, 7) is 0. The van der Waals surface area contributed by atoms with Crippen LogP contribution in [-0.2, 0) is 12.6 Å². The summed E-state index contributed by atoms with van der Waals surface area (Å²) in [5.41, 5.74) is 11.4. The number of carbonyl (C=O) groups is 1. The number of rotatable bonds is 2. The molecule has 2 aromatic carbocycles. The van der Waals surface area contributed by atoms with Crippen molar-refractivity contribution in [3.8, 4) is 11.5 Å². The first kappa shape index (κ1) is 17.7. The topological polar surface area (TPSA) is 105 Å². The molecule has 6 nitrogen and oxygen atoms in total. The van der Waals surface area contributed by atoms with E-state index >= 15 is 0 Å². The normalized spacial score (nSPS) is 17.0. The minimum absolute atomic E-state index is 0.0272. The first-order valence-electron chi connectivity index (χ1n) is 7.58. The second-order valence-corrected chi connectivity index (χ2v) is 5.79. The molecule has 1 aliphatic rings. The lowest BCUT2D eigenvalue weighted by Gasteiger charge is -2.32. The fraction of sp³-hybridized carbons (Fsp3) is 0.176. The van der Waals surface area contributed by atoms with Gasteiger partial charge in [-0.25, -0.2) is 9.69 Å². The van der Waals surface area contributed by atoms with Crippen molar-refractivity contribution >= 4 is 17.6 Å². The van der Waals surface area contributed by atoms with E-state index in [-0.39, 0.29) is 23.8 Å². The fourth-order valence-electron chi connectivity index (χ4n) is 2.75. The van der Waals surface area contributed by atoms with Crippen LogP contribution in [0.5, 0.6) is 11.5 Å². The average Bonchev–Trinajstić information content (AvgIpc) is 2.55.